The van der Waals surface area contributed by atoms with Crippen molar-refractivity contribution in [2.24, 2.45) is 5.73 Å². The van der Waals surface area contributed by atoms with Gasteiger partial charge in [-0.05, 0) is 30.7 Å². The van der Waals surface area contributed by atoms with Crippen molar-refractivity contribution < 1.29 is 13.9 Å². The quantitative estimate of drug-likeness (QED) is 0.918. The number of hydrogen-bond acceptors (Lipinski definition) is 5. The molecule has 126 valence electrons. The van der Waals surface area contributed by atoms with Crippen LogP contribution in [0.2, 0.25) is 5.15 Å². The fourth-order valence-corrected chi connectivity index (χ4v) is 2.91. The summed E-state index contributed by atoms with van der Waals surface area (Å²) in [5.74, 6) is -0.563. The van der Waals surface area contributed by atoms with Crippen LogP contribution in [0.3, 0.4) is 0 Å². The number of primary amides is 1. The number of benzene rings is 1. The summed E-state index contributed by atoms with van der Waals surface area (Å²) in [6.45, 7) is 2.87. The highest BCUT2D eigenvalue weighted by Gasteiger charge is 2.29. The van der Waals surface area contributed by atoms with Crippen LogP contribution in [0.5, 0.6) is 0 Å². The van der Waals surface area contributed by atoms with Gasteiger partial charge < -0.3 is 15.4 Å². The van der Waals surface area contributed by atoms with E-state index in [0.717, 1.165) is 5.56 Å². The molecule has 0 aliphatic carbocycles. The van der Waals surface area contributed by atoms with E-state index in [1.807, 2.05) is 11.8 Å². The van der Waals surface area contributed by atoms with Crippen LogP contribution >= 0.6 is 11.6 Å². The second-order valence-corrected chi connectivity index (χ2v) is 6.05. The molecule has 0 radical (unpaired) electrons. The first kappa shape index (κ1) is 16.6. The number of carbonyl (C=O) groups is 1. The Bertz CT molecular complexity index is 756. The molecule has 2 heterocycles. The largest absolute Gasteiger partial charge is 0.367 e. The van der Waals surface area contributed by atoms with E-state index in [9.17, 15) is 9.18 Å². The van der Waals surface area contributed by atoms with Gasteiger partial charge in [0.25, 0.3) is 5.91 Å². The zero-order valence-electron chi connectivity index (χ0n) is 12.9. The molecule has 2 unspecified atom stereocenters. The third-order valence-corrected chi connectivity index (χ3v) is 4.00. The molecule has 1 amide bonds. The lowest BCUT2D eigenvalue weighted by Crippen LogP contribution is -2.44. The lowest BCUT2D eigenvalue weighted by molar-refractivity contribution is -0.0177. The third-order valence-electron chi connectivity index (χ3n) is 3.81. The van der Waals surface area contributed by atoms with Gasteiger partial charge in [0.1, 0.15) is 11.9 Å². The minimum absolute atomic E-state index is 0.101. The molecule has 1 aliphatic heterocycles. The van der Waals surface area contributed by atoms with E-state index in [0.29, 0.717) is 18.9 Å². The molecule has 0 spiro atoms. The molecule has 1 aliphatic rings. The van der Waals surface area contributed by atoms with E-state index in [1.165, 1.54) is 18.2 Å². The molecular formula is C16H16ClFN4O2. The van der Waals surface area contributed by atoms with Gasteiger partial charge in [0.05, 0.1) is 11.7 Å². The Morgan fingerprint density at radius 3 is 2.71 bits per heavy atom. The lowest BCUT2D eigenvalue weighted by Gasteiger charge is -2.38. The van der Waals surface area contributed by atoms with E-state index < -0.39 is 5.91 Å². The van der Waals surface area contributed by atoms with Crippen molar-refractivity contribution >= 4 is 23.3 Å². The lowest BCUT2D eigenvalue weighted by atomic mass is 10.1. The number of nitrogens with two attached hydrogens (primary N) is 1. The van der Waals surface area contributed by atoms with Crippen LogP contribution in [0, 0.1) is 5.82 Å². The number of carbonyl (C=O) groups excluding carboxylic acids is 1. The normalized spacial score (nSPS) is 20.9. The predicted octanol–water partition coefficient (Wildman–Crippen LogP) is 2.33. The van der Waals surface area contributed by atoms with E-state index in [1.54, 1.807) is 12.1 Å². The monoisotopic (exact) mass is 350 g/mol. The van der Waals surface area contributed by atoms with Gasteiger partial charge in [-0.15, -0.1) is 10.2 Å². The van der Waals surface area contributed by atoms with Crippen LogP contribution in [0.15, 0.2) is 30.3 Å². The van der Waals surface area contributed by atoms with Crippen LogP contribution in [0.4, 0.5) is 10.2 Å². The van der Waals surface area contributed by atoms with Crippen LogP contribution in [-0.4, -0.2) is 35.3 Å². The average Bonchev–Trinajstić information content (AvgIpc) is 2.54. The first-order valence-electron chi connectivity index (χ1n) is 7.43. The molecule has 1 aromatic heterocycles. The van der Waals surface area contributed by atoms with Crippen molar-refractivity contribution in [3.63, 3.8) is 0 Å². The maximum absolute atomic E-state index is 13.1. The second kappa shape index (κ2) is 6.70. The number of hydrogen-bond donors (Lipinski definition) is 1. The van der Waals surface area contributed by atoms with Gasteiger partial charge in [-0.1, -0.05) is 23.7 Å². The molecule has 8 heteroatoms. The zero-order valence-corrected chi connectivity index (χ0v) is 13.7. The fourth-order valence-electron chi connectivity index (χ4n) is 2.76. The summed E-state index contributed by atoms with van der Waals surface area (Å²) in [7, 11) is 0. The molecule has 6 nitrogen and oxygen atoms in total. The average molecular weight is 351 g/mol. The highest BCUT2D eigenvalue weighted by molar-refractivity contribution is 6.29. The smallest absolute Gasteiger partial charge is 0.252 e. The number of nitrogens with zero attached hydrogens (tertiary/aromatic N) is 3. The summed E-state index contributed by atoms with van der Waals surface area (Å²) in [6, 6.07) is 7.54. The number of aromatic nitrogens is 2. The van der Waals surface area contributed by atoms with Gasteiger partial charge >= 0.3 is 0 Å². The molecular weight excluding hydrogens is 335 g/mol. The van der Waals surface area contributed by atoms with Crippen molar-refractivity contribution in [1.82, 2.24) is 10.2 Å². The Morgan fingerprint density at radius 1 is 1.33 bits per heavy atom. The summed E-state index contributed by atoms with van der Waals surface area (Å²) in [4.78, 5) is 13.6. The summed E-state index contributed by atoms with van der Waals surface area (Å²) in [5, 5.41) is 7.94. The zero-order chi connectivity index (χ0) is 17.3. The Labute approximate surface area is 143 Å². The molecule has 0 saturated carbocycles. The molecule has 0 bridgehead atoms. The van der Waals surface area contributed by atoms with Gasteiger partial charge in [0.15, 0.2) is 11.0 Å². The van der Waals surface area contributed by atoms with Crippen LogP contribution in [-0.2, 0) is 4.74 Å². The van der Waals surface area contributed by atoms with Gasteiger partial charge in [0.2, 0.25) is 0 Å². The standard InChI is InChI=1S/C16H16ClFN4O2/c1-9-7-22(16-12(15(19)23)6-14(17)20-21-16)8-13(24-9)10-2-4-11(18)5-3-10/h2-6,9,13H,7-8H2,1H3,(H2,19,23). The fraction of sp³-hybridized carbons (Fsp3) is 0.312. The maximum atomic E-state index is 13.1. The predicted molar refractivity (Wildman–Crippen MR) is 87.5 cm³/mol. The minimum atomic E-state index is -0.626. The summed E-state index contributed by atoms with van der Waals surface area (Å²) in [6.07, 6.45) is -0.403. The first-order valence-corrected chi connectivity index (χ1v) is 7.80. The van der Waals surface area contributed by atoms with Crippen molar-refractivity contribution in [3.8, 4) is 0 Å². The number of morpholine rings is 1. The van der Waals surface area contributed by atoms with Gasteiger partial charge in [-0.3, -0.25) is 4.79 Å². The Morgan fingerprint density at radius 2 is 2.04 bits per heavy atom. The Balaban J connectivity index is 1.91. The highest BCUT2D eigenvalue weighted by atomic mass is 35.5. The summed E-state index contributed by atoms with van der Waals surface area (Å²) < 4.78 is 19.1. The van der Waals surface area contributed by atoms with Gasteiger partial charge in [0, 0.05) is 13.1 Å². The molecule has 3 rings (SSSR count). The van der Waals surface area contributed by atoms with Crippen molar-refractivity contribution in [3.05, 3.63) is 52.4 Å². The SMILES string of the molecule is CC1CN(c2nnc(Cl)cc2C(N)=O)CC(c2ccc(F)cc2)O1. The Kier molecular flexibility index (Phi) is 4.64. The Hall–Kier alpha value is -2.25. The van der Waals surface area contributed by atoms with Crippen molar-refractivity contribution in [1.29, 1.82) is 0 Å². The molecule has 2 aromatic rings. The number of halogens is 2. The molecule has 2 atom stereocenters. The second-order valence-electron chi connectivity index (χ2n) is 5.66. The van der Waals surface area contributed by atoms with Crippen molar-refractivity contribution in [2.75, 3.05) is 18.0 Å². The van der Waals surface area contributed by atoms with E-state index in [4.69, 9.17) is 22.1 Å². The van der Waals surface area contributed by atoms with Gasteiger partial charge in [-0.25, -0.2) is 4.39 Å². The van der Waals surface area contributed by atoms with E-state index in [2.05, 4.69) is 10.2 Å². The summed E-state index contributed by atoms with van der Waals surface area (Å²) in [5.41, 5.74) is 6.48. The molecule has 1 fully saturated rings. The van der Waals surface area contributed by atoms with Crippen molar-refractivity contribution in [2.45, 2.75) is 19.1 Å². The third kappa shape index (κ3) is 3.47. The van der Waals surface area contributed by atoms with Crippen LogP contribution in [0.25, 0.3) is 0 Å². The first-order chi connectivity index (χ1) is 11.4. The van der Waals surface area contributed by atoms with E-state index in [-0.39, 0.29) is 28.7 Å². The molecule has 1 saturated heterocycles. The molecule has 1 aromatic carbocycles. The van der Waals surface area contributed by atoms with Gasteiger partial charge in [-0.2, -0.15) is 0 Å². The maximum Gasteiger partial charge on any atom is 0.252 e. The number of amides is 1. The number of ether oxygens (including phenoxy) is 1. The van der Waals surface area contributed by atoms with Crippen LogP contribution < -0.4 is 10.6 Å². The topological polar surface area (TPSA) is 81.3 Å². The number of anilines is 1. The van der Waals surface area contributed by atoms with Crippen LogP contribution in [0.1, 0.15) is 28.9 Å². The molecule has 24 heavy (non-hydrogen) atoms. The highest BCUT2D eigenvalue weighted by Crippen LogP contribution is 2.29. The minimum Gasteiger partial charge on any atom is -0.367 e. The molecule has 2 N–H and O–H groups in total. The van der Waals surface area contributed by atoms with E-state index >= 15 is 0 Å². The summed E-state index contributed by atoms with van der Waals surface area (Å²) >= 11 is 5.81. The number of rotatable bonds is 3.